The van der Waals surface area contributed by atoms with Gasteiger partial charge in [0.05, 0.1) is 37.1 Å². The third kappa shape index (κ3) is 3.51. The summed E-state index contributed by atoms with van der Waals surface area (Å²) in [6.07, 6.45) is 0. The summed E-state index contributed by atoms with van der Waals surface area (Å²) >= 11 is 3.21. The summed E-state index contributed by atoms with van der Waals surface area (Å²) in [6.45, 7) is 0. The summed E-state index contributed by atoms with van der Waals surface area (Å²) in [5.41, 5.74) is -0.497. The van der Waals surface area contributed by atoms with Gasteiger partial charge in [0, 0.05) is 0 Å². The Hall–Kier alpha value is -2.42. The van der Waals surface area contributed by atoms with Crippen LogP contribution in [0.25, 0.3) is 0 Å². The number of halogens is 4. The Bertz CT molecular complexity index is 830. The van der Waals surface area contributed by atoms with Gasteiger partial charge in [-0.2, -0.15) is 0 Å². The van der Waals surface area contributed by atoms with E-state index >= 15 is 0 Å². The smallest absolute Gasteiger partial charge is 0.257 e. The van der Waals surface area contributed by atoms with Crippen molar-refractivity contribution in [3.8, 4) is 17.2 Å². The minimum absolute atomic E-state index is 0.0126. The van der Waals surface area contributed by atoms with Crippen LogP contribution in [0.5, 0.6) is 17.2 Å². The number of ether oxygens (including phenoxy) is 3. The zero-order valence-electron chi connectivity index (χ0n) is 13.4. The van der Waals surface area contributed by atoms with Crippen molar-refractivity contribution < 1.29 is 32.2 Å². The fourth-order valence-electron chi connectivity index (χ4n) is 2.10. The van der Waals surface area contributed by atoms with Crippen LogP contribution in [0.1, 0.15) is 10.4 Å². The molecule has 0 aliphatic carbocycles. The summed E-state index contributed by atoms with van der Waals surface area (Å²) in [4.78, 5) is 12.4. The maximum Gasteiger partial charge on any atom is 0.257 e. The Morgan fingerprint density at radius 2 is 1.64 bits per heavy atom. The highest BCUT2D eigenvalue weighted by Crippen LogP contribution is 2.44. The second-order valence-corrected chi connectivity index (χ2v) is 5.48. The van der Waals surface area contributed by atoms with Crippen LogP contribution in [0, 0.1) is 17.5 Å². The molecule has 134 valence electrons. The first kappa shape index (κ1) is 18.9. The van der Waals surface area contributed by atoms with Gasteiger partial charge in [-0.25, -0.2) is 13.2 Å². The molecule has 0 fully saturated rings. The van der Waals surface area contributed by atoms with Crippen molar-refractivity contribution in [1.82, 2.24) is 0 Å². The van der Waals surface area contributed by atoms with Crippen LogP contribution in [0.2, 0.25) is 0 Å². The highest BCUT2D eigenvalue weighted by molar-refractivity contribution is 9.10. The van der Waals surface area contributed by atoms with Gasteiger partial charge in [0.1, 0.15) is 0 Å². The summed E-state index contributed by atoms with van der Waals surface area (Å²) in [5.74, 6) is -4.72. The molecule has 0 saturated carbocycles. The molecule has 5 nitrogen and oxygen atoms in total. The summed E-state index contributed by atoms with van der Waals surface area (Å²) < 4.78 is 55.7. The van der Waals surface area contributed by atoms with Crippen molar-refractivity contribution in [2.45, 2.75) is 0 Å². The average molecular weight is 420 g/mol. The van der Waals surface area contributed by atoms with E-state index in [1.807, 2.05) is 0 Å². The fraction of sp³-hybridized carbons (Fsp3) is 0.188. The molecule has 0 saturated heterocycles. The molecule has 2 rings (SSSR count). The molecule has 0 radical (unpaired) electrons. The van der Waals surface area contributed by atoms with Gasteiger partial charge in [0.15, 0.2) is 29.0 Å². The lowest BCUT2D eigenvalue weighted by Gasteiger charge is -2.16. The number of benzene rings is 2. The molecule has 0 atom stereocenters. The van der Waals surface area contributed by atoms with Crippen molar-refractivity contribution in [1.29, 1.82) is 0 Å². The fourth-order valence-corrected chi connectivity index (χ4v) is 2.73. The van der Waals surface area contributed by atoms with Crippen molar-refractivity contribution in [3.63, 3.8) is 0 Å². The standard InChI is InChI=1S/C16H13BrF3NO4/c1-23-10-6-7(11(17)15(25-3)14(10)24-2)16(22)21-9-5-4-8(18)12(19)13(9)20/h4-6H,1-3H3,(H,21,22). The SMILES string of the molecule is COc1cc(C(=O)Nc2ccc(F)c(F)c2F)c(Br)c(OC)c1OC. The molecule has 0 bridgehead atoms. The number of amides is 1. The van der Waals surface area contributed by atoms with Crippen LogP contribution in [0.3, 0.4) is 0 Å². The van der Waals surface area contributed by atoms with Gasteiger partial charge in [0.25, 0.3) is 5.91 Å². The van der Waals surface area contributed by atoms with E-state index in [2.05, 4.69) is 21.2 Å². The molecule has 0 aliphatic heterocycles. The predicted octanol–water partition coefficient (Wildman–Crippen LogP) is 4.14. The van der Waals surface area contributed by atoms with E-state index in [4.69, 9.17) is 14.2 Å². The molecule has 0 aliphatic rings. The normalized spacial score (nSPS) is 10.4. The molecular formula is C16H13BrF3NO4. The molecule has 0 aromatic heterocycles. The van der Waals surface area contributed by atoms with Crippen molar-refractivity contribution in [3.05, 3.63) is 45.7 Å². The number of hydrogen-bond donors (Lipinski definition) is 1. The Balaban J connectivity index is 2.48. The van der Waals surface area contributed by atoms with E-state index in [0.717, 1.165) is 6.07 Å². The van der Waals surface area contributed by atoms with Crippen molar-refractivity contribution >= 4 is 27.5 Å². The Kier molecular flexibility index (Phi) is 5.78. The zero-order valence-corrected chi connectivity index (χ0v) is 15.0. The van der Waals surface area contributed by atoms with Gasteiger partial charge in [0.2, 0.25) is 5.75 Å². The van der Waals surface area contributed by atoms with Gasteiger partial charge in [-0.05, 0) is 34.1 Å². The lowest BCUT2D eigenvalue weighted by molar-refractivity contribution is 0.102. The third-order valence-electron chi connectivity index (χ3n) is 3.30. The number of methoxy groups -OCH3 is 3. The Morgan fingerprint density at radius 1 is 1.00 bits per heavy atom. The van der Waals surface area contributed by atoms with E-state index in [1.165, 1.54) is 27.4 Å². The van der Waals surface area contributed by atoms with Gasteiger partial charge in [-0.15, -0.1) is 0 Å². The molecular weight excluding hydrogens is 407 g/mol. The van der Waals surface area contributed by atoms with Crippen LogP contribution < -0.4 is 19.5 Å². The summed E-state index contributed by atoms with van der Waals surface area (Å²) in [5, 5.41) is 2.17. The Labute approximate surface area is 149 Å². The number of rotatable bonds is 5. The van der Waals surface area contributed by atoms with Crippen LogP contribution in [0.15, 0.2) is 22.7 Å². The van der Waals surface area contributed by atoms with Crippen molar-refractivity contribution in [2.75, 3.05) is 26.6 Å². The first-order chi connectivity index (χ1) is 11.8. The number of hydrogen-bond acceptors (Lipinski definition) is 4. The molecule has 9 heteroatoms. The minimum Gasteiger partial charge on any atom is -0.493 e. The lowest BCUT2D eigenvalue weighted by atomic mass is 10.1. The highest BCUT2D eigenvalue weighted by Gasteiger charge is 2.24. The topological polar surface area (TPSA) is 56.8 Å². The van der Waals surface area contributed by atoms with Gasteiger partial charge in [-0.3, -0.25) is 4.79 Å². The number of carbonyl (C=O) groups excluding carboxylic acids is 1. The molecule has 0 heterocycles. The third-order valence-corrected chi connectivity index (χ3v) is 4.08. The largest absolute Gasteiger partial charge is 0.493 e. The summed E-state index contributed by atoms with van der Waals surface area (Å²) in [7, 11) is 4.11. The predicted molar refractivity (Wildman–Crippen MR) is 88.1 cm³/mol. The molecule has 0 unspecified atom stereocenters. The second kappa shape index (κ2) is 7.64. The molecule has 0 spiro atoms. The number of carbonyl (C=O) groups is 1. The summed E-state index contributed by atoms with van der Waals surface area (Å²) in [6, 6.07) is 2.95. The Morgan fingerprint density at radius 3 is 2.20 bits per heavy atom. The quantitative estimate of drug-likeness (QED) is 0.739. The minimum atomic E-state index is -1.68. The van der Waals surface area contributed by atoms with E-state index in [9.17, 15) is 18.0 Å². The second-order valence-electron chi connectivity index (χ2n) is 4.68. The first-order valence-corrected chi connectivity index (χ1v) is 7.58. The van der Waals surface area contributed by atoms with Crippen LogP contribution in [-0.4, -0.2) is 27.2 Å². The number of nitrogens with one attached hydrogen (secondary N) is 1. The van der Waals surface area contributed by atoms with E-state index in [1.54, 1.807) is 0 Å². The maximum atomic E-state index is 13.7. The molecule has 1 N–H and O–H groups in total. The van der Waals surface area contributed by atoms with Crippen LogP contribution >= 0.6 is 15.9 Å². The first-order valence-electron chi connectivity index (χ1n) is 6.79. The maximum absolute atomic E-state index is 13.7. The average Bonchev–Trinajstić information content (AvgIpc) is 2.61. The van der Waals surface area contributed by atoms with E-state index < -0.39 is 29.0 Å². The van der Waals surface area contributed by atoms with E-state index in [-0.39, 0.29) is 27.3 Å². The monoisotopic (exact) mass is 419 g/mol. The molecule has 1 amide bonds. The highest BCUT2D eigenvalue weighted by atomic mass is 79.9. The number of anilines is 1. The lowest BCUT2D eigenvalue weighted by Crippen LogP contribution is -2.15. The van der Waals surface area contributed by atoms with Crippen LogP contribution in [-0.2, 0) is 0 Å². The van der Waals surface area contributed by atoms with Gasteiger partial charge < -0.3 is 19.5 Å². The van der Waals surface area contributed by atoms with Gasteiger partial charge in [-0.1, -0.05) is 0 Å². The zero-order chi connectivity index (χ0) is 18.7. The van der Waals surface area contributed by atoms with Crippen LogP contribution in [0.4, 0.5) is 18.9 Å². The molecule has 2 aromatic rings. The molecule has 25 heavy (non-hydrogen) atoms. The van der Waals surface area contributed by atoms with Gasteiger partial charge >= 0.3 is 0 Å². The van der Waals surface area contributed by atoms with Crippen molar-refractivity contribution in [2.24, 2.45) is 0 Å². The van der Waals surface area contributed by atoms with E-state index in [0.29, 0.717) is 6.07 Å². The molecule has 2 aromatic carbocycles.